The average molecular weight is 720 g/mol. The number of unbranched alkanes of at least 4 members (excludes halogenated alkanes) is 1. The van der Waals surface area contributed by atoms with Crippen LogP contribution in [-0.2, 0) is 29.9 Å². The first-order valence-corrected chi connectivity index (χ1v) is 17.9. The molecule has 4 atom stereocenters. The molecule has 0 radical (unpaired) electrons. The van der Waals surface area contributed by atoms with Gasteiger partial charge in [-0.3, -0.25) is 35.6 Å². The minimum Gasteiger partial charge on any atom is -0.778 e. The van der Waals surface area contributed by atoms with Gasteiger partial charge in [0.15, 0.2) is 11.5 Å². The Morgan fingerprint density at radius 1 is 1.22 bits per heavy atom. The number of fused-ring (bicyclic) bond motifs is 1. The van der Waals surface area contributed by atoms with Crippen molar-refractivity contribution in [2.24, 2.45) is 11.5 Å². The molecular weight excluding hydrogens is 673 g/mol. The Balaban J connectivity index is 1.32. The molecule has 0 saturated carbocycles. The molecule has 0 aromatic carbocycles. The molecule has 20 heteroatoms. The van der Waals surface area contributed by atoms with Gasteiger partial charge >= 0.3 is 11.6 Å². The van der Waals surface area contributed by atoms with Gasteiger partial charge in [-0.15, -0.1) is 0 Å². The Morgan fingerprint density at radius 2 is 2.00 bits per heavy atom. The Labute approximate surface area is 288 Å². The Morgan fingerprint density at radius 3 is 2.72 bits per heavy atom. The Kier molecular flexibility index (Phi) is 13.4. The third-order valence-electron chi connectivity index (χ3n) is 7.67. The molecule has 1 fully saturated rings. The molecule has 50 heavy (non-hydrogen) atoms. The SMILES string of the molecule is CC(C)OC1C[C@H](n2cc(/C=C/C(=O)NCCNc3ncnc4c3ncn4CCCC[NH+]=C(N)N)c(=O)[nH]c2=O)O[C@@H]1COP(=O)([O-])C(C)C. The summed E-state index contributed by atoms with van der Waals surface area (Å²) in [5.74, 6) is 0.234. The second-order valence-electron chi connectivity index (χ2n) is 12.2. The van der Waals surface area contributed by atoms with Crippen LogP contribution in [0.25, 0.3) is 17.2 Å². The van der Waals surface area contributed by atoms with Crippen LogP contribution in [0.1, 0.15) is 58.7 Å². The van der Waals surface area contributed by atoms with Crippen LogP contribution in [0.2, 0.25) is 0 Å². The van der Waals surface area contributed by atoms with Crippen LogP contribution in [-0.4, -0.2) is 91.1 Å². The maximum absolute atomic E-state index is 12.7. The maximum Gasteiger partial charge on any atom is 0.338 e. The van der Waals surface area contributed by atoms with Crippen LogP contribution in [0.3, 0.4) is 0 Å². The summed E-state index contributed by atoms with van der Waals surface area (Å²) in [7, 11) is -4.12. The number of hydrogen-bond donors (Lipinski definition) is 6. The minimum atomic E-state index is -4.12. The molecule has 1 aliphatic heterocycles. The molecule has 0 spiro atoms. The predicted molar refractivity (Wildman–Crippen MR) is 183 cm³/mol. The minimum absolute atomic E-state index is 0.0310. The van der Waals surface area contributed by atoms with E-state index in [0.29, 0.717) is 36.6 Å². The molecule has 1 amide bonds. The second kappa shape index (κ2) is 17.5. The van der Waals surface area contributed by atoms with Crippen LogP contribution in [0, 0.1) is 0 Å². The maximum atomic E-state index is 12.7. The van der Waals surface area contributed by atoms with E-state index in [2.05, 4.69) is 35.6 Å². The van der Waals surface area contributed by atoms with Crippen molar-refractivity contribution in [3.63, 3.8) is 0 Å². The zero-order chi connectivity index (χ0) is 36.4. The number of aryl methyl sites for hydroxylation is 1. The summed E-state index contributed by atoms with van der Waals surface area (Å²) >= 11 is 0. The summed E-state index contributed by atoms with van der Waals surface area (Å²) in [6.07, 6.45) is 6.32. The zero-order valence-corrected chi connectivity index (χ0v) is 29.4. The number of anilines is 1. The number of nitrogens with two attached hydrogens (primary N) is 2. The molecule has 3 aromatic rings. The van der Waals surface area contributed by atoms with Crippen LogP contribution in [0.4, 0.5) is 5.82 Å². The van der Waals surface area contributed by atoms with Crippen molar-refractivity contribution in [1.82, 2.24) is 34.4 Å². The van der Waals surface area contributed by atoms with E-state index >= 15 is 0 Å². The van der Waals surface area contributed by atoms with Crippen LogP contribution in [0.15, 0.2) is 34.5 Å². The Bertz CT molecular complexity index is 1830. The van der Waals surface area contributed by atoms with Gasteiger partial charge in [0.05, 0.1) is 37.3 Å². The van der Waals surface area contributed by atoms with Crippen LogP contribution in [0.5, 0.6) is 0 Å². The summed E-state index contributed by atoms with van der Waals surface area (Å²) < 4.78 is 32.5. The number of aromatic nitrogens is 6. The number of imidazole rings is 1. The van der Waals surface area contributed by atoms with Crippen molar-refractivity contribution in [3.8, 4) is 0 Å². The zero-order valence-electron chi connectivity index (χ0n) is 28.5. The van der Waals surface area contributed by atoms with E-state index in [0.717, 1.165) is 12.8 Å². The van der Waals surface area contributed by atoms with Crippen molar-refractivity contribution < 1.29 is 33.2 Å². The molecule has 3 aromatic heterocycles. The highest BCUT2D eigenvalue weighted by atomic mass is 31.2. The fourth-order valence-corrected chi connectivity index (χ4v) is 5.73. The molecule has 8 N–H and O–H groups in total. The lowest BCUT2D eigenvalue weighted by Crippen LogP contribution is -2.78. The highest BCUT2D eigenvalue weighted by Crippen LogP contribution is 2.43. The number of nitrogens with zero attached hydrogens (tertiary/aromatic N) is 5. The number of carbonyl (C=O) groups excluding carboxylic acids is 1. The number of nitrogens with one attached hydrogen (secondary N) is 4. The molecule has 2 unspecified atom stereocenters. The van der Waals surface area contributed by atoms with Crippen molar-refractivity contribution in [3.05, 3.63) is 51.3 Å². The van der Waals surface area contributed by atoms with E-state index in [9.17, 15) is 23.8 Å². The van der Waals surface area contributed by atoms with E-state index in [1.165, 1.54) is 43.1 Å². The first-order valence-electron chi connectivity index (χ1n) is 16.3. The van der Waals surface area contributed by atoms with E-state index < -0.39 is 48.8 Å². The topological polar surface area (TPSA) is 273 Å². The van der Waals surface area contributed by atoms with Gasteiger partial charge in [-0.1, -0.05) is 13.8 Å². The van der Waals surface area contributed by atoms with E-state index in [4.69, 9.17) is 25.5 Å². The van der Waals surface area contributed by atoms with Gasteiger partial charge in [-0.05, 0) is 32.8 Å². The highest BCUT2D eigenvalue weighted by molar-refractivity contribution is 7.52. The number of carbonyl (C=O) groups is 1. The van der Waals surface area contributed by atoms with E-state index in [1.807, 2.05) is 18.4 Å². The molecule has 1 aliphatic rings. The molecule has 4 heterocycles. The van der Waals surface area contributed by atoms with Crippen molar-refractivity contribution in [2.75, 3.05) is 31.6 Å². The van der Waals surface area contributed by atoms with Gasteiger partial charge in [-0.2, -0.15) is 0 Å². The lowest BCUT2D eigenvalue weighted by molar-refractivity contribution is -0.459. The van der Waals surface area contributed by atoms with Crippen molar-refractivity contribution in [1.29, 1.82) is 0 Å². The summed E-state index contributed by atoms with van der Waals surface area (Å²) in [5.41, 5.74) is 9.97. The lowest BCUT2D eigenvalue weighted by atomic mass is 10.2. The molecule has 0 aliphatic carbocycles. The van der Waals surface area contributed by atoms with Gasteiger partial charge in [0.1, 0.15) is 31.8 Å². The summed E-state index contributed by atoms with van der Waals surface area (Å²) in [5, 5.41) is 5.87. The Hall–Kier alpha value is -4.42. The fraction of sp³-hybridized carbons (Fsp3) is 0.567. The predicted octanol–water partition coefficient (Wildman–Crippen LogP) is -1.89. The molecular formula is C30H46N11O8P. The van der Waals surface area contributed by atoms with Crippen LogP contribution >= 0.6 is 7.60 Å². The standard InChI is InChI=1S/C30H46N11O8P/c1-18(2)48-21-13-24(49-22(21)15-47-50(45,46)19(3)4)41-14-20(28(43)39-30(41)44)7-8-23(42)33-10-11-34-26-25-27(37-16-36-26)40(17-38-25)12-6-5-9-35-29(31)32/h7-8,14,16-19,21-22,24H,5-6,9-13,15H2,1-4H3,(H,33,42)(H,45,46)(H4,31,32,35)(H,34,36,37)(H,39,43,44)/b8-7+/t21?,22-,24-/m1/s1. The fourth-order valence-electron chi connectivity index (χ4n) is 5.08. The number of guanidine groups is 1. The number of ether oxygens (including phenoxy) is 2. The molecule has 274 valence electrons. The van der Waals surface area contributed by atoms with Gasteiger partial charge in [0, 0.05) is 44.0 Å². The second-order valence-corrected chi connectivity index (χ2v) is 14.6. The number of H-pyrrole nitrogens is 1. The summed E-state index contributed by atoms with van der Waals surface area (Å²) in [4.78, 5) is 68.3. The van der Waals surface area contributed by atoms with Crippen molar-refractivity contribution in [2.45, 2.75) is 83.7 Å². The molecule has 0 bridgehead atoms. The quantitative estimate of drug-likeness (QED) is 0.0276. The van der Waals surface area contributed by atoms with Crippen molar-refractivity contribution >= 4 is 42.5 Å². The molecule has 1 saturated heterocycles. The van der Waals surface area contributed by atoms with Gasteiger partial charge in [0.25, 0.3) is 5.56 Å². The van der Waals surface area contributed by atoms with E-state index in [-0.39, 0.29) is 37.2 Å². The average Bonchev–Trinajstić information content (AvgIpc) is 3.65. The first-order chi connectivity index (χ1) is 23.7. The number of aromatic amines is 1. The number of rotatable bonds is 18. The number of amides is 1. The molecule has 19 nitrogen and oxygen atoms in total. The monoisotopic (exact) mass is 719 g/mol. The van der Waals surface area contributed by atoms with Gasteiger partial charge in [0.2, 0.25) is 5.91 Å². The third-order valence-corrected chi connectivity index (χ3v) is 9.45. The smallest absolute Gasteiger partial charge is 0.338 e. The van der Waals surface area contributed by atoms with Gasteiger partial charge < -0.3 is 38.7 Å². The molecule has 4 rings (SSSR count). The van der Waals surface area contributed by atoms with E-state index in [1.54, 1.807) is 6.33 Å². The largest absolute Gasteiger partial charge is 0.778 e. The number of hydrogen-bond acceptors (Lipinski definition) is 12. The van der Waals surface area contributed by atoms with Crippen LogP contribution < -0.4 is 43.2 Å². The highest BCUT2D eigenvalue weighted by Gasteiger charge is 2.39. The summed E-state index contributed by atoms with van der Waals surface area (Å²) in [6, 6.07) is 0. The normalized spacial score (nSPS) is 19.0. The summed E-state index contributed by atoms with van der Waals surface area (Å²) in [6.45, 7) is 8.29. The lowest BCUT2D eigenvalue weighted by Gasteiger charge is -2.29. The van der Waals surface area contributed by atoms with Gasteiger partial charge in [-0.25, -0.2) is 19.7 Å². The third kappa shape index (κ3) is 10.5. The first kappa shape index (κ1) is 38.4.